The first-order valence-corrected chi connectivity index (χ1v) is 7.78. The quantitative estimate of drug-likeness (QED) is 0.780. The topological polar surface area (TPSA) is 111 Å². The second kappa shape index (κ2) is 6.64. The summed E-state index contributed by atoms with van der Waals surface area (Å²) >= 11 is 0. The number of amides is 2. The van der Waals surface area contributed by atoms with Gasteiger partial charge in [0.1, 0.15) is 5.82 Å². The summed E-state index contributed by atoms with van der Waals surface area (Å²) in [7, 11) is 0. The molecule has 0 aliphatic carbocycles. The zero-order valence-corrected chi connectivity index (χ0v) is 12.7. The number of likely N-dealkylation sites (tertiary alicyclic amines) is 1. The molecule has 0 radical (unpaired) electrons. The van der Waals surface area contributed by atoms with Crippen LogP contribution in [-0.2, 0) is 9.59 Å². The van der Waals surface area contributed by atoms with Crippen LogP contribution < -0.4 is 11.0 Å². The van der Waals surface area contributed by atoms with Crippen molar-refractivity contribution in [2.24, 2.45) is 0 Å². The van der Waals surface area contributed by atoms with Crippen LogP contribution in [0.4, 0.5) is 5.82 Å². The van der Waals surface area contributed by atoms with Gasteiger partial charge in [-0.2, -0.15) is 0 Å². The Morgan fingerprint density at radius 1 is 1.13 bits per heavy atom. The number of rotatable bonds is 4. The van der Waals surface area contributed by atoms with E-state index in [1.54, 1.807) is 12.1 Å². The number of hydrogen-bond acceptors (Lipinski definition) is 4. The van der Waals surface area contributed by atoms with Gasteiger partial charge in [0.05, 0.1) is 5.52 Å². The highest BCUT2D eigenvalue weighted by atomic mass is 16.2. The standard InChI is InChI=1S/C15H19N5O3/c21-12(6-7-13(22)20-8-2-1-3-9-20)17-11-5-4-10-14(18-11)19-15(23)16-10/h4-5H,1-3,6-9H2,(H3,16,17,18,19,21,23). The maximum atomic E-state index is 12.0. The van der Waals surface area contributed by atoms with Crippen molar-refractivity contribution < 1.29 is 9.59 Å². The van der Waals surface area contributed by atoms with Crippen LogP contribution in [0.15, 0.2) is 16.9 Å². The molecule has 0 aromatic carbocycles. The molecule has 2 aromatic rings. The molecule has 1 aliphatic heterocycles. The van der Waals surface area contributed by atoms with E-state index < -0.39 is 0 Å². The fourth-order valence-electron chi connectivity index (χ4n) is 2.71. The molecule has 1 aliphatic rings. The average Bonchev–Trinajstić information content (AvgIpc) is 2.92. The highest BCUT2D eigenvalue weighted by Gasteiger charge is 2.17. The minimum Gasteiger partial charge on any atom is -0.343 e. The molecule has 23 heavy (non-hydrogen) atoms. The van der Waals surface area contributed by atoms with Crippen LogP contribution in [0.25, 0.3) is 11.2 Å². The molecule has 0 spiro atoms. The Kier molecular flexibility index (Phi) is 4.40. The molecule has 8 heteroatoms. The summed E-state index contributed by atoms with van der Waals surface area (Å²) in [6.45, 7) is 1.58. The first-order valence-electron chi connectivity index (χ1n) is 7.78. The molecule has 2 aromatic heterocycles. The van der Waals surface area contributed by atoms with Crippen molar-refractivity contribution >= 4 is 28.8 Å². The SMILES string of the molecule is O=C(CCC(=O)N1CCCCC1)Nc1ccc2[nH]c(=O)[nH]c2n1. The second-order valence-corrected chi connectivity index (χ2v) is 5.66. The number of imidazole rings is 1. The molecule has 0 saturated carbocycles. The van der Waals surface area contributed by atoms with Gasteiger partial charge in [-0.05, 0) is 31.4 Å². The molecule has 2 amide bonds. The van der Waals surface area contributed by atoms with E-state index in [1.807, 2.05) is 4.90 Å². The number of aromatic nitrogens is 3. The Morgan fingerprint density at radius 2 is 1.91 bits per heavy atom. The van der Waals surface area contributed by atoms with Gasteiger partial charge < -0.3 is 15.2 Å². The number of piperidine rings is 1. The Balaban J connectivity index is 1.53. The lowest BCUT2D eigenvalue weighted by Gasteiger charge is -2.26. The molecule has 3 rings (SSSR count). The van der Waals surface area contributed by atoms with Crippen LogP contribution in [-0.4, -0.2) is 44.8 Å². The van der Waals surface area contributed by atoms with E-state index in [0.29, 0.717) is 17.0 Å². The third-order valence-electron chi connectivity index (χ3n) is 3.92. The first kappa shape index (κ1) is 15.3. The number of H-pyrrole nitrogens is 2. The van der Waals surface area contributed by atoms with Gasteiger partial charge in [-0.25, -0.2) is 9.78 Å². The molecule has 0 atom stereocenters. The van der Waals surface area contributed by atoms with E-state index in [2.05, 4.69) is 20.3 Å². The summed E-state index contributed by atoms with van der Waals surface area (Å²) in [4.78, 5) is 46.2. The lowest BCUT2D eigenvalue weighted by Crippen LogP contribution is -2.35. The molecule has 0 unspecified atom stereocenters. The van der Waals surface area contributed by atoms with Gasteiger partial charge in [0.15, 0.2) is 5.65 Å². The molecule has 3 heterocycles. The van der Waals surface area contributed by atoms with Crippen molar-refractivity contribution in [1.29, 1.82) is 0 Å². The van der Waals surface area contributed by atoms with Crippen LogP contribution in [0.3, 0.4) is 0 Å². The lowest BCUT2D eigenvalue weighted by atomic mass is 10.1. The summed E-state index contributed by atoms with van der Waals surface area (Å²) in [6, 6.07) is 3.27. The fraction of sp³-hybridized carbons (Fsp3) is 0.467. The molecule has 3 N–H and O–H groups in total. The minimum atomic E-state index is -0.344. The molecular formula is C15H19N5O3. The number of hydrogen-bond donors (Lipinski definition) is 3. The third kappa shape index (κ3) is 3.77. The number of aromatic amines is 2. The van der Waals surface area contributed by atoms with E-state index in [1.165, 1.54) is 6.42 Å². The largest absolute Gasteiger partial charge is 0.343 e. The smallest absolute Gasteiger partial charge is 0.325 e. The van der Waals surface area contributed by atoms with Gasteiger partial charge >= 0.3 is 5.69 Å². The van der Waals surface area contributed by atoms with Crippen LogP contribution in [0.2, 0.25) is 0 Å². The lowest BCUT2D eigenvalue weighted by molar-refractivity contribution is -0.133. The number of nitrogens with zero attached hydrogens (tertiary/aromatic N) is 2. The van der Waals surface area contributed by atoms with Crippen molar-refractivity contribution in [2.45, 2.75) is 32.1 Å². The highest BCUT2D eigenvalue weighted by Crippen LogP contribution is 2.12. The van der Waals surface area contributed by atoms with Crippen LogP contribution in [0, 0.1) is 0 Å². The monoisotopic (exact) mass is 317 g/mol. The van der Waals surface area contributed by atoms with Gasteiger partial charge in [0.25, 0.3) is 0 Å². The summed E-state index contributed by atoms with van der Waals surface area (Å²) in [5.74, 6) is 0.112. The van der Waals surface area contributed by atoms with Crippen LogP contribution >= 0.6 is 0 Å². The van der Waals surface area contributed by atoms with Crippen molar-refractivity contribution in [3.8, 4) is 0 Å². The number of fused-ring (bicyclic) bond motifs is 1. The van der Waals surface area contributed by atoms with E-state index in [-0.39, 0.29) is 30.3 Å². The second-order valence-electron chi connectivity index (χ2n) is 5.66. The summed E-state index contributed by atoms with van der Waals surface area (Å²) in [6.07, 6.45) is 3.57. The van der Waals surface area contributed by atoms with Crippen molar-refractivity contribution in [2.75, 3.05) is 18.4 Å². The average molecular weight is 317 g/mol. The third-order valence-corrected chi connectivity index (χ3v) is 3.92. The number of nitrogens with one attached hydrogen (secondary N) is 3. The van der Waals surface area contributed by atoms with Crippen molar-refractivity contribution in [3.05, 3.63) is 22.6 Å². The van der Waals surface area contributed by atoms with Crippen molar-refractivity contribution in [3.63, 3.8) is 0 Å². The fourth-order valence-corrected chi connectivity index (χ4v) is 2.71. The van der Waals surface area contributed by atoms with Gasteiger partial charge in [-0.3, -0.25) is 14.6 Å². The number of pyridine rings is 1. The zero-order valence-electron chi connectivity index (χ0n) is 12.7. The molecule has 8 nitrogen and oxygen atoms in total. The van der Waals surface area contributed by atoms with Gasteiger partial charge in [0, 0.05) is 25.9 Å². The molecule has 1 saturated heterocycles. The first-order chi connectivity index (χ1) is 11.1. The Bertz CT molecular complexity index is 773. The van der Waals surface area contributed by atoms with Gasteiger partial charge in [-0.15, -0.1) is 0 Å². The van der Waals surface area contributed by atoms with E-state index in [0.717, 1.165) is 25.9 Å². The predicted octanol–water partition coefficient (Wildman–Crippen LogP) is 0.982. The molecule has 1 fully saturated rings. The molecule has 0 bridgehead atoms. The highest BCUT2D eigenvalue weighted by molar-refractivity contribution is 5.93. The molecule has 122 valence electrons. The Labute approximate surface area is 132 Å². The Morgan fingerprint density at radius 3 is 2.70 bits per heavy atom. The maximum absolute atomic E-state index is 12.0. The number of carbonyl (C=O) groups excluding carboxylic acids is 2. The predicted molar refractivity (Wildman–Crippen MR) is 85.0 cm³/mol. The summed E-state index contributed by atoms with van der Waals surface area (Å²) in [5.41, 5.74) is 0.619. The number of anilines is 1. The van der Waals surface area contributed by atoms with E-state index >= 15 is 0 Å². The normalized spacial score (nSPS) is 14.9. The summed E-state index contributed by atoms with van der Waals surface area (Å²) < 4.78 is 0. The van der Waals surface area contributed by atoms with Gasteiger partial charge in [-0.1, -0.05) is 0 Å². The van der Waals surface area contributed by atoms with E-state index in [4.69, 9.17) is 0 Å². The minimum absolute atomic E-state index is 0.0261. The molecular weight excluding hydrogens is 298 g/mol. The number of carbonyl (C=O) groups is 2. The van der Waals surface area contributed by atoms with Crippen LogP contribution in [0.1, 0.15) is 32.1 Å². The van der Waals surface area contributed by atoms with Gasteiger partial charge in [0.2, 0.25) is 11.8 Å². The van der Waals surface area contributed by atoms with Crippen LogP contribution in [0.5, 0.6) is 0 Å². The zero-order chi connectivity index (χ0) is 16.2. The van der Waals surface area contributed by atoms with E-state index in [9.17, 15) is 14.4 Å². The van der Waals surface area contributed by atoms with Crippen molar-refractivity contribution in [1.82, 2.24) is 19.9 Å². The Hall–Kier alpha value is -2.64. The maximum Gasteiger partial charge on any atom is 0.325 e. The summed E-state index contributed by atoms with van der Waals surface area (Å²) in [5, 5.41) is 2.64.